The fourth-order valence-electron chi connectivity index (χ4n) is 2.45. The van der Waals surface area contributed by atoms with Crippen molar-refractivity contribution in [1.29, 1.82) is 0 Å². The van der Waals surface area contributed by atoms with E-state index in [1.165, 1.54) is 0 Å². The molecule has 4 rings (SSSR count). The van der Waals surface area contributed by atoms with Gasteiger partial charge in [0.15, 0.2) is 5.65 Å². The van der Waals surface area contributed by atoms with Crippen molar-refractivity contribution >= 4 is 50.2 Å². The first-order valence-corrected chi connectivity index (χ1v) is 8.27. The quantitative estimate of drug-likeness (QED) is 0.405. The van der Waals surface area contributed by atoms with Crippen LogP contribution in [0.25, 0.3) is 22.1 Å². The summed E-state index contributed by atoms with van der Waals surface area (Å²) in [7, 11) is 1.63. The van der Waals surface area contributed by atoms with E-state index < -0.39 is 0 Å². The van der Waals surface area contributed by atoms with E-state index in [9.17, 15) is 0 Å². The highest BCUT2D eigenvalue weighted by Crippen LogP contribution is 2.25. The lowest BCUT2D eigenvalue weighted by molar-refractivity contribution is 0.415. The maximum atomic E-state index is 5.12. The van der Waals surface area contributed by atoms with Crippen LogP contribution in [0.3, 0.4) is 0 Å². The summed E-state index contributed by atoms with van der Waals surface area (Å²) in [5.74, 6) is 1.12. The lowest BCUT2D eigenvalue weighted by atomic mass is 10.2. The van der Waals surface area contributed by atoms with Crippen LogP contribution in [0, 0.1) is 0 Å². The van der Waals surface area contributed by atoms with E-state index in [1.54, 1.807) is 13.3 Å². The molecule has 2 aromatic heterocycles. The molecule has 0 spiro atoms. The number of nitrogens with zero attached hydrogens (tertiary/aromatic N) is 4. The van der Waals surface area contributed by atoms with Gasteiger partial charge < -0.3 is 9.72 Å². The van der Waals surface area contributed by atoms with Crippen LogP contribution in [-0.2, 0) is 0 Å². The van der Waals surface area contributed by atoms with Crippen LogP contribution in [0.2, 0.25) is 0 Å². The number of aromatic nitrogens is 4. The predicted octanol–water partition coefficient (Wildman–Crippen LogP) is 3.72. The molecule has 0 aliphatic carbocycles. The van der Waals surface area contributed by atoms with E-state index in [1.807, 2.05) is 42.5 Å². The van der Waals surface area contributed by atoms with Gasteiger partial charge in [0, 0.05) is 15.4 Å². The summed E-state index contributed by atoms with van der Waals surface area (Å²) in [5, 5.41) is 13.4. The molecular weight excluding hydrogens is 384 g/mol. The molecule has 8 heteroatoms. The van der Waals surface area contributed by atoms with Crippen molar-refractivity contribution < 1.29 is 4.74 Å². The number of ether oxygens (including phenoxy) is 1. The molecule has 0 amide bonds. The van der Waals surface area contributed by atoms with Crippen molar-refractivity contribution in [2.75, 3.05) is 12.5 Å². The predicted molar refractivity (Wildman–Crippen MR) is 101 cm³/mol. The van der Waals surface area contributed by atoms with Crippen LogP contribution >= 0.6 is 15.9 Å². The Hall–Kier alpha value is -3.00. The molecule has 0 aliphatic heterocycles. The largest absolute Gasteiger partial charge is 0.497 e. The second kappa shape index (κ2) is 6.48. The van der Waals surface area contributed by atoms with E-state index in [2.05, 4.69) is 46.6 Å². The maximum absolute atomic E-state index is 5.12. The van der Waals surface area contributed by atoms with Gasteiger partial charge in [0.05, 0.1) is 13.3 Å². The SMILES string of the molecule is COc1ccc(/C=N/Nc2nnc3c(n2)[nH]c2ccc(Br)cc23)cc1. The van der Waals surface area contributed by atoms with Gasteiger partial charge >= 0.3 is 0 Å². The van der Waals surface area contributed by atoms with Crippen LogP contribution < -0.4 is 10.2 Å². The molecule has 0 saturated heterocycles. The Morgan fingerprint density at radius 3 is 2.80 bits per heavy atom. The number of benzene rings is 2. The fourth-order valence-corrected chi connectivity index (χ4v) is 2.81. The van der Waals surface area contributed by atoms with E-state index in [4.69, 9.17) is 4.74 Å². The molecule has 0 radical (unpaired) electrons. The Bertz CT molecular complexity index is 1070. The topological polar surface area (TPSA) is 88.1 Å². The smallest absolute Gasteiger partial charge is 0.265 e. The molecule has 0 unspecified atom stereocenters. The molecule has 2 aromatic carbocycles. The van der Waals surface area contributed by atoms with Crippen molar-refractivity contribution in [3.8, 4) is 5.75 Å². The molecule has 0 fully saturated rings. The number of hydrogen-bond acceptors (Lipinski definition) is 6. The standard InChI is InChI=1S/C17H13BrN6O/c1-25-12-5-2-10(3-6-12)9-19-23-17-21-16-15(22-24-17)13-8-11(18)4-7-14(13)20-16/h2-9H,1H3,(H2,20,21,23,24)/b19-9+. The minimum Gasteiger partial charge on any atom is -0.497 e. The van der Waals surface area contributed by atoms with Crippen LogP contribution in [0.1, 0.15) is 5.56 Å². The third-order valence-electron chi connectivity index (χ3n) is 3.67. The number of fused-ring (bicyclic) bond motifs is 3. The normalized spacial score (nSPS) is 11.4. The summed E-state index contributed by atoms with van der Waals surface area (Å²) in [6, 6.07) is 13.5. The monoisotopic (exact) mass is 396 g/mol. The Kier molecular flexibility index (Phi) is 4.02. The minimum absolute atomic E-state index is 0.322. The first-order chi connectivity index (χ1) is 12.2. The summed E-state index contributed by atoms with van der Waals surface area (Å²) < 4.78 is 6.10. The molecule has 25 heavy (non-hydrogen) atoms. The Balaban J connectivity index is 1.57. The van der Waals surface area contributed by atoms with Crippen molar-refractivity contribution in [1.82, 2.24) is 20.2 Å². The highest BCUT2D eigenvalue weighted by atomic mass is 79.9. The number of hydrazone groups is 1. The molecule has 2 heterocycles. The van der Waals surface area contributed by atoms with Crippen molar-refractivity contribution in [2.24, 2.45) is 5.10 Å². The van der Waals surface area contributed by atoms with Gasteiger partial charge in [-0.3, -0.25) is 0 Å². The lowest BCUT2D eigenvalue weighted by Gasteiger charge is -1.99. The van der Waals surface area contributed by atoms with Crippen molar-refractivity contribution in [3.05, 3.63) is 52.5 Å². The average molecular weight is 397 g/mol. The molecule has 7 nitrogen and oxygen atoms in total. The molecule has 0 bridgehead atoms. The molecule has 0 saturated carbocycles. The third kappa shape index (κ3) is 3.16. The summed E-state index contributed by atoms with van der Waals surface area (Å²) in [6.45, 7) is 0. The Labute approximate surface area is 151 Å². The lowest BCUT2D eigenvalue weighted by Crippen LogP contribution is -1.99. The van der Waals surface area contributed by atoms with Gasteiger partial charge in [0.1, 0.15) is 11.3 Å². The molecule has 124 valence electrons. The molecule has 4 aromatic rings. The van der Waals surface area contributed by atoms with E-state index in [0.717, 1.165) is 32.2 Å². The van der Waals surface area contributed by atoms with Crippen LogP contribution in [-0.4, -0.2) is 33.5 Å². The zero-order chi connectivity index (χ0) is 17.2. The second-order valence-corrected chi connectivity index (χ2v) is 6.21. The second-order valence-electron chi connectivity index (χ2n) is 5.29. The zero-order valence-electron chi connectivity index (χ0n) is 13.2. The molecular formula is C17H13BrN6O. The van der Waals surface area contributed by atoms with Crippen LogP contribution in [0.15, 0.2) is 52.0 Å². The first-order valence-electron chi connectivity index (χ1n) is 7.48. The van der Waals surface area contributed by atoms with Crippen molar-refractivity contribution in [3.63, 3.8) is 0 Å². The summed E-state index contributed by atoms with van der Waals surface area (Å²) in [4.78, 5) is 7.64. The number of anilines is 1. The van der Waals surface area contributed by atoms with Crippen LogP contribution in [0.4, 0.5) is 5.95 Å². The van der Waals surface area contributed by atoms with Gasteiger partial charge in [-0.25, -0.2) is 5.43 Å². The van der Waals surface area contributed by atoms with Gasteiger partial charge in [-0.2, -0.15) is 10.1 Å². The number of rotatable bonds is 4. The number of halogens is 1. The van der Waals surface area contributed by atoms with Gasteiger partial charge in [-0.1, -0.05) is 15.9 Å². The highest BCUT2D eigenvalue weighted by molar-refractivity contribution is 9.10. The molecule has 0 atom stereocenters. The van der Waals surface area contributed by atoms with E-state index >= 15 is 0 Å². The minimum atomic E-state index is 0.322. The Morgan fingerprint density at radius 2 is 2.00 bits per heavy atom. The Morgan fingerprint density at radius 1 is 1.16 bits per heavy atom. The summed E-state index contributed by atoms with van der Waals surface area (Å²) in [5.41, 5.74) is 6.06. The summed E-state index contributed by atoms with van der Waals surface area (Å²) >= 11 is 3.46. The third-order valence-corrected chi connectivity index (χ3v) is 4.16. The fraction of sp³-hybridized carbons (Fsp3) is 0.0588. The summed E-state index contributed by atoms with van der Waals surface area (Å²) in [6.07, 6.45) is 1.68. The van der Waals surface area contributed by atoms with E-state index in [-0.39, 0.29) is 0 Å². The maximum Gasteiger partial charge on any atom is 0.265 e. The average Bonchev–Trinajstić information content (AvgIpc) is 2.99. The number of hydrogen-bond donors (Lipinski definition) is 2. The number of aromatic amines is 1. The van der Waals surface area contributed by atoms with Gasteiger partial charge in [-0.15, -0.1) is 10.2 Å². The zero-order valence-corrected chi connectivity index (χ0v) is 14.8. The van der Waals surface area contributed by atoms with Gasteiger partial charge in [0.2, 0.25) is 0 Å². The number of H-pyrrole nitrogens is 1. The van der Waals surface area contributed by atoms with E-state index in [0.29, 0.717) is 11.6 Å². The first kappa shape index (κ1) is 15.5. The van der Waals surface area contributed by atoms with Crippen LogP contribution in [0.5, 0.6) is 5.75 Å². The van der Waals surface area contributed by atoms with Crippen molar-refractivity contribution in [2.45, 2.75) is 0 Å². The molecule has 0 aliphatic rings. The van der Waals surface area contributed by atoms with Gasteiger partial charge in [0.25, 0.3) is 5.95 Å². The number of methoxy groups -OCH3 is 1. The van der Waals surface area contributed by atoms with Gasteiger partial charge in [-0.05, 0) is 48.0 Å². The number of nitrogens with one attached hydrogen (secondary N) is 2. The highest BCUT2D eigenvalue weighted by Gasteiger charge is 2.09. The molecule has 2 N–H and O–H groups in total.